The maximum Gasteiger partial charge on any atom is 0.217 e. The second-order valence-corrected chi connectivity index (χ2v) is 11.0. The van der Waals surface area contributed by atoms with Crippen LogP contribution in [0.1, 0.15) is 30.5 Å². The zero-order valence-electron chi connectivity index (χ0n) is 22.9. The molecule has 1 aliphatic rings. The van der Waals surface area contributed by atoms with Crippen molar-refractivity contribution in [3.05, 3.63) is 108 Å². The second kappa shape index (κ2) is 15.7. The van der Waals surface area contributed by atoms with Gasteiger partial charge in [-0.05, 0) is 16.7 Å². The molecule has 0 bridgehead atoms. The van der Waals surface area contributed by atoms with Crippen LogP contribution in [0.3, 0.4) is 0 Å². The molecule has 3 aromatic carbocycles. The van der Waals surface area contributed by atoms with E-state index in [2.05, 4.69) is 5.32 Å². The van der Waals surface area contributed by atoms with Crippen molar-refractivity contribution in [2.75, 3.05) is 12.4 Å². The maximum absolute atomic E-state index is 12.4. The number of hydrogen-bond donors (Lipinski definition) is 1. The lowest BCUT2D eigenvalue weighted by Gasteiger charge is -2.46. The summed E-state index contributed by atoms with van der Waals surface area (Å²) in [6.45, 7) is 4.35. The second-order valence-electron chi connectivity index (χ2n) is 9.77. The summed E-state index contributed by atoms with van der Waals surface area (Å²) in [5.74, 6) is 0.159. The molecule has 1 saturated heterocycles. The van der Waals surface area contributed by atoms with E-state index in [4.69, 9.17) is 18.9 Å². The van der Waals surface area contributed by atoms with Crippen molar-refractivity contribution in [3.63, 3.8) is 0 Å². The van der Waals surface area contributed by atoms with E-state index >= 15 is 0 Å². The van der Waals surface area contributed by atoms with Crippen molar-refractivity contribution < 1.29 is 28.5 Å². The quantitative estimate of drug-likeness (QED) is 0.316. The van der Waals surface area contributed by atoms with Crippen LogP contribution < -0.4 is 5.32 Å². The molecule has 40 heavy (non-hydrogen) atoms. The van der Waals surface area contributed by atoms with Crippen molar-refractivity contribution in [2.45, 2.75) is 64.1 Å². The van der Waals surface area contributed by atoms with Gasteiger partial charge in [0.05, 0.1) is 38.6 Å². The lowest BCUT2D eigenvalue weighted by molar-refractivity contribution is -0.228. The Labute approximate surface area is 240 Å². The summed E-state index contributed by atoms with van der Waals surface area (Å²) in [4.78, 5) is 24.2. The van der Waals surface area contributed by atoms with Gasteiger partial charge in [-0.15, -0.1) is 0 Å². The Hall–Kier alpha value is -3.01. The third-order valence-electron chi connectivity index (χ3n) is 6.58. The molecule has 5 atom stereocenters. The first-order chi connectivity index (χ1) is 19.5. The number of thioether (sulfide) groups is 1. The molecule has 1 amide bonds. The molecule has 3 unspecified atom stereocenters. The molecule has 1 aliphatic heterocycles. The summed E-state index contributed by atoms with van der Waals surface area (Å²) in [6, 6.07) is 29.2. The van der Waals surface area contributed by atoms with Gasteiger partial charge in [0.25, 0.3) is 0 Å². The molecule has 7 nitrogen and oxygen atoms in total. The molecule has 4 rings (SSSR count). The van der Waals surface area contributed by atoms with E-state index in [9.17, 15) is 9.59 Å². The average molecular weight is 564 g/mol. The largest absolute Gasteiger partial charge is 0.374 e. The van der Waals surface area contributed by atoms with Crippen LogP contribution in [0.15, 0.2) is 91.0 Å². The molecule has 1 fully saturated rings. The summed E-state index contributed by atoms with van der Waals surface area (Å²) in [7, 11) is 0. The highest BCUT2D eigenvalue weighted by Gasteiger charge is 2.48. The van der Waals surface area contributed by atoms with E-state index in [0.717, 1.165) is 16.7 Å². The molecule has 3 aromatic rings. The zero-order valence-corrected chi connectivity index (χ0v) is 23.8. The third kappa shape index (κ3) is 9.28. The van der Waals surface area contributed by atoms with Crippen LogP contribution in [0.2, 0.25) is 0 Å². The summed E-state index contributed by atoms with van der Waals surface area (Å²) in [5, 5.41) is 3.02. The third-order valence-corrected chi connectivity index (χ3v) is 7.48. The monoisotopic (exact) mass is 563 g/mol. The maximum atomic E-state index is 12.4. The van der Waals surface area contributed by atoms with Crippen LogP contribution in [-0.4, -0.2) is 53.8 Å². The van der Waals surface area contributed by atoms with Gasteiger partial charge < -0.3 is 24.3 Å². The van der Waals surface area contributed by atoms with Gasteiger partial charge in [-0.25, -0.2) is 0 Å². The Morgan fingerprint density at radius 1 is 0.725 bits per heavy atom. The van der Waals surface area contributed by atoms with Crippen LogP contribution >= 0.6 is 11.8 Å². The lowest BCUT2D eigenvalue weighted by Crippen LogP contribution is -2.66. The fraction of sp³-hybridized carbons (Fsp3) is 0.375. The predicted molar refractivity (Wildman–Crippen MR) is 156 cm³/mol. The minimum atomic E-state index is -0.551. The molecular weight excluding hydrogens is 526 g/mol. The van der Waals surface area contributed by atoms with Crippen LogP contribution in [-0.2, 0) is 48.4 Å². The van der Waals surface area contributed by atoms with Gasteiger partial charge in [-0.2, -0.15) is 0 Å². The number of ether oxygens (including phenoxy) is 4. The number of benzene rings is 3. The summed E-state index contributed by atoms with van der Waals surface area (Å²) >= 11 is 1.17. The van der Waals surface area contributed by atoms with Gasteiger partial charge in [0.2, 0.25) is 5.91 Å². The predicted octanol–water partition coefficient (Wildman–Crippen LogP) is 4.93. The molecule has 0 aromatic heterocycles. The van der Waals surface area contributed by atoms with E-state index in [1.54, 1.807) is 0 Å². The summed E-state index contributed by atoms with van der Waals surface area (Å²) in [6.07, 6.45) is -2.07. The van der Waals surface area contributed by atoms with Gasteiger partial charge in [-0.1, -0.05) is 103 Å². The number of nitrogens with one attached hydrogen (secondary N) is 1. The smallest absolute Gasteiger partial charge is 0.217 e. The number of rotatable bonds is 13. The molecule has 8 heteroatoms. The van der Waals surface area contributed by atoms with Crippen LogP contribution in [0.25, 0.3) is 0 Å². The molecule has 1 N–H and O–H groups in total. The van der Waals surface area contributed by atoms with Gasteiger partial charge in [0.15, 0.2) is 5.12 Å². The normalized spacial score (nSPS) is 22.5. The number of carbonyl (C=O) groups is 2. The fourth-order valence-corrected chi connectivity index (χ4v) is 5.39. The van der Waals surface area contributed by atoms with Crippen molar-refractivity contribution in [2.24, 2.45) is 0 Å². The Bertz CT molecular complexity index is 1180. The standard InChI is InChI=1S/C32H37NO6S/c1-23(34)33-30-29(22-40-24(2)35)39-28(21-36-18-25-12-6-3-7-13-25)31(37-19-26-14-8-4-9-15-26)32(30)38-20-27-16-10-5-11-17-27/h3-17,28-32H,18-22H2,1-2H3,(H,33,34)/t28?,29?,30?,31-,32+/m1/s1. The van der Waals surface area contributed by atoms with Gasteiger partial charge in [-0.3, -0.25) is 9.59 Å². The van der Waals surface area contributed by atoms with Gasteiger partial charge >= 0.3 is 0 Å². The average Bonchev–Trinajstić information content (AvgIpc) is 2.96. The Morgan fingerprint density at radius 2 is 1.23 bits per heavy atom. The van der Waals surface area contributed by atoms with E-state index in [1.165, 1.54) is 25.6 Å². The Morgan fingerprint density at radius 3 is 1.73 bits per heavy atom. The molecule has 1 heterocycles. The highest BCUT2D eigenvalue weighted by atomic mass is 32.2. The van der Waals surface area contributed by atoms with E-state index in [-0.39, 0.29) is 17.6 Å². The van der Waals surface area contributed by atoms with Crippen molar-refractivity contribution in [1.82, 2.24) is 5.32 Å². The highest BCUT2D eigenvalue weighted by Crippen LogP contribution is 2.30. The zero-order chi connectivity index (χ0) is 28.2. The molecule has 0 radical (unpaired) electrons. The molecule has 212 valence electrons. The SMILES string of the molecule is CC(=O)NC1C(CSC(C)=O)OC(COCc2ccccc2)[C@@H](OCc2ccccc2)[C@H]1OCc1ccccc1. The van der Waals surface area contributed by atoms with Crippen LogP contribution in [0.5, 0.6) is 0 Å². The van der Waals surface area contributed by atoms with Crippen molar-refractivity contribution in [1.29, 1.82) is 0 Å². The van der Waals surface area contributed by atoms with E-state index < -0.39 is 30.5 Å². The van der Waals surface area contributed by atoms with E-state index in [1.807, 2.05) is 91.0 Å². The molecule has 0 spiro atoms. The van der Waals surface area contributed by atoms with Gasteiger partial charge in [0, 0.05) is 19.6 Å². The van der Waals surface area contributed by atoms with Crippen molar-refractivity contribution in [3.8, 4) is 0 Å². The van der Waals surface area contributed by atoms with E-state index in [0.29, 0.717) is 25.6 Å². The lowest BCUT2D eigenvalue weighted by atomic mass is 9.92. The molecule has 0 aliphatic carbocycles. The first kappa shape index (κ1) is 30.0. The van der Waals surface area contributed by atoms with Crippen LogP contribution in [0.4, 0.5) is 0 Å². The highest BCUT2D eigenvalue weighted by molar-refractivity contribution is 8.13. The number of carbonyl (C=O) groups excluding carboxylic acids is 2. The number of hydrogen-bond acceptors (Lipinski definition) is 7. The van der Waals surface area contributed by atoms with Crippen LogP contribution in [0, 0.1) is 0 Å². The number of amides is 1. The first-order valence-corrected chi connectivity index (χ1v) is 14.5. The molecular formula is C32H37NO6S. The Kier molecular flexibility index (Phi) is 11.8. The fourth-order valence-electron chi connectivity index (χ4n) is 4.70. The summed E-state index contributed by atoms with van der Waals surface area (Å²) in [5.41, 5.74) is 3.07. The van der Waals surface area contributed by atoms with Gasteiger partial charge in [0.1, 0.15) is 18.3 Å². The Balaban J connectivity index is 1.60. The summed E-state index contributed by atoms with van der Waals surface area (Å²) < 4.78 is 25.7. The molecule has 0 saturated carbocycles. The first-order valence-electron chi connectivity index (χ1n) is 13.5. The minimum Gasteiger partial charge on any atom is -0.374 e. The van der Waals surface area contributed by atoms with Crippen molar-refractivity contribution >= 4 is 22.8 Å². The topological polar surface area (TPSA) is 83.1 Å². The minimum absolute atomic E-state index is 0.0220.